The molecule has 0 spiro atoms. The largest absolute Gasteiger partial charge is 0.323 e. The number of hydrogen-bond donors (Lipinski definition) is 0. The summed E-state index contributed by atoms with van der Waals surface area (Å²) in [5, 5.41) is 1.20. The number of likely N-dealkylation sites (N-methyl/N-ethyl adjacent to an activating group) is 1. The third kappa shape index (κ3) is 2.76. The quantitative estimate of drug-likeness (QED) is 0.543. The Kier molecular flexibility index (Phi) is 4.14. The Morgan fingerprint density at radius 1 is 0.960 bits per heavy atom. The van der Waals surface area contributed by atoms with Crippen molar-refractivity contribution in [3.8, 4) is 0 Å². The van der Waals surface area contributed by atoms with Crippen molar-refractivity contribution in [3.05, 3.63) is 48.0 Å². The Morgan fingerprint density at radius 2 is 1.68 bits per heavy atom. The van der Waals surface area contributed by atoms with E-state index < -0.39 is 0 Å². The topological polar surface area (TPSA) is 34.0 Å². The van der Waals surface area contributed by atoms with Crippen molar-refractivity contribution in [2.45, 2.75) is 27.3 Å². The molecule has 0 radical (unpaired) electrons. The van der Waals surface area contributed by atoms with E-state index in [4.69, 9.17) is 9.97 Å². The first-order chi connectivity index (χ1) is 12.2. The second-order valence-corrected chi connectivity index (χ2v) is 6.58. The van der Waals surface area contributed by atoms with E-state index >= 15 is 0 Å². The van der Waals surface area contributed by atoms with Gasteiger partial charge in [0.05, 0.1) is 16.6 Å². The smallest absolute Gasteiger partial charge is 0.160 e. The van der Waals surface area contributed by atoms with Crippen LogP contribution in [0.4, 0.5) is 0 Å². The van der Waals surface area contributed by atoms with Gasteiger partial charge in [-0.15, -0.1) is 0 Å². The Bertz CT molecular complexity index is 1040. The molecule has 0 N–H and O–H groups in total. The first-order valence-corrected chi connectivity index (χ1v) is 9.09. The van der Waals surface area contributed by atoms with Gasteiger partial charge in [-0.25, -0.2) is 9.97 Å². The van der Waals surface area contributed by atoms with Gasteiger partial charge in [0, 0.05) is 18.5 Å². The van der Waals surface area contributed by atoms with Crippen LogP contribution < -0.4 is 0 Å². The zero-order chi connectivity index (χ0) is 17.4. The van der Waals surface area contributed by atoms with Crippen molar-refractivity contribution < 1.29 is 0 Å². The lowest BCUT2D eigenvalue weighted by Gasteiger charge is -2.18. The number of para-hydroxylation sites is 2. The van der Waals surface area contributed by atoms with Gasteiger partial charge >= 0.3 is 0 Å². The van der Waals surface area contributed by atoms with E-state index in [0.717, 1.165) is 48.4 Å². The van der Waals surface area contributed by atoms with Crippen molar-refractivity contribution in [3.63, 3.8) is 0 Å². The third-order valence-corrected chi connectivity index (χ3v) is 5.04. The Labute approximate surface area is 148 Å². The fourth-order valence-electron chi connectivity index (χ4n) is 3.56. The molecule has 2 aromatic heterocycles. The molecule has 4 heteroatoms. The third-order valence-electron chi connectivity index (χ3n) is 5.04. The predicted molar refractivity (Wildman–Crippen MR) is 105 cm³/mol. The Morgan fingerprint density at radius 3 is 2.40 bits per heavy atom. The molecule has 2 heterocycles. The Hall–Kier alpha value is -2.46. The first-order valence-electron chi connectivity index (χ1n) is 9.09. The molecule has 128 valence electrons. The van der Waals surface area contributed by atoms with Gasteiger partial charge in [-0.1, -0.05) is 37.6 Å². The van der Waals surface area contributed by atoms with Crippen LogP contribution in [0.5, 0.6) is 0 Å². The lowest BCUT2D eigenvalue weighted by molar-refractivity contribution is 0.293. The fraction of sp³-hybridized carbons (Fsp3) is 0.333. The lowest BCUT2D eigenvalue weighted by Crippen LogP contribution is -2.27. The van der Waals surface area contributed by atoms with Gasteiger partial charge in [0.2, 0.25) is 0 Å². The minimum atomic E-state index is 0.928. The van der Waals surface area contributed by atoms with E-state index in [-0.39, 0.29) is 0 Å². The standard InChI is InChI=1S/C21H24N4/c1-4-24(5-2)12-13-25-19-11-10-15(3)14-16(19)20-21(25)23-18-9-7-6-8-17(18)22-20/h6-11,14H,4-5,12-13H2,1-3H3. The number of hydrogen-bond acceptors (Lipinski definition) is 3. The second-order valence-electron chi connectivity index (χ2n) is 6.58. The van der Waals surface area contributed by atoms with Crippen molar-refractivity contribution in [1.82, 2.24) is 19.4 Å². The van der Waals surface area contributed by atoms with Crippen molar-refractivity contribution >= 4 is 33.1 Å². The average Bonchev–Trinajstić information content (AvgIpc) is 2.93. The summed E-state index contributed by atoms with van der Waals surface area (Å²) >= 11 is 0. The average molecular weight is 332 g/mol. The molecule has 0 saturated carbocycles. The number of aryl methyl sites for hydroxylation is 1. The van der Waals surface area contributed by atoms with E-state index in [1.165, 1.54) is 16.5 Å². The maximum absolute atomic E-state index is 4.96. The summed E-state index contributed by atoms with van der Waals surface area (Å²) in [4.78, 5) is 12.3. The molecule has 0 atom stereocenters. The van der Waals surface area contributed by atoms with Crippen LogP contribution >= 0.6 is 0 Å². The summed E-state index contributed by atoms with van der Waals surface area (Å²) in [5.74, 6) is 0. The van der Waals surface area contributed by atoms with Crippen LogP contribution in [-0.2, 0) is 6.54 Å². The number of aromatic nitrogens is 3. The van der Waals surface area contributed by atoms with Gasteiger partial charge in [0.15, 0.2) is 5.65 Å². The van der Waals surface area contributed by atoms with Crippen molar-refractivity contribution in [2.24, 2.45) is 0 Å². The normalized spacial score (nSPS) is 12.0. The van der Waals surface area contributed by atoms with Crippen LogP contribution in [0.2, 0.25) is 0 Å². The summed E-state index contributed by atoms with van der Waals surface area (Å²) in [6.45, 7) is 10.7. The number of rotatable bonds is 5. The van der Waals surface area contributed by atoms with Crippen molar-refractivity contribution in [2.75, 3.05) is 19.6 Å². The summed E-state index contributed by atoms with van der Waals surface area (Å²) in [6.07, 6.45) is 0. The van der Waals surface area contributed by atoms with E-state index in [9.17, 15) is 0 Å². The summed E-state index contributed by atoms with van der Waals surface area (Å²) in [6, 6.07) is 14.7. The van der Waals surface area contributed by atoms with Crippen LogP contribution in [0.15, 0.2) is 42.5 Å². The summed E-state index contributed by atoms with van der Waals surface area (Å²) < 4.78 is 2.34. The van der Waals surface area contributed by atoms with E-state index in [1.54, 1.807) is 0 Å². The molecular formula is C21H24N4. The minimum Gasteiger partial charge on any atom is -0.323 e. The summed E-state index contributed by atoms with van der Waals surface area (Å²) in [5.41, 5.74) is 6.40. The number of benzene rings is 2. The molecule has 0 saturated heterocycles. The highest BCUT2D eigenvalue weighted by Gasteiger charge is 2.15. The van der Waals surface area contributed by atoms with Gasteiger partial charge in [0.1, 0.15) is 5.52 Å². The van der Waals surface area contributed by atoms with E-state index in [2.05, 4.69) is 48.4 Å². The predicted octanol–water partition coefficient (Wildman–Crippen LogP) is 4.39. The number of nitrogens with zero attached hydrogens (tertiary/aromatic N) is 4. The molecule has 0 unspecified atom stereocenters. The lowest BCUT2D eigenvalue weighted by atomic mass is 10.1. The zero-order valence-electron chi connectivity index (χ0n) is 15.2. The molecule has 0 amide bonds. The van der Waals surface area contributed by atoms with E-state index in [1.807, 2.05) is 24.3 Å². The maximum atomic E-state index is 4.96. The molecule has 25 heavy (non-hydrogen) atoms. The van der Waals surface area contributed by atoms with Crippen molar-refractivity contribution in [1.29, 1.82) is 0 Å². The summed E-state index contributed by atoms with van der Waals surface area (Å²) in [7, 11) is 0. The van der Waals surface area contributed by atoms with Crippen LogP contribution in [0.25, 0.3) is 33.1 Å². The van der Waals surface area contributed by atoms with Crippen LogP contribution in [0, 0.1) is 6.92 Å². The molecule has 4 rings (SSSR count). The Balaban J connectivity index is 1.95. The van der Waals surface area contributed by atoms with Crippen LogP contribution in [-0.4, -0.2) is 39.1 Å². The maximum Gasteiger partial charge on any atom is 0.160 e. The highest BCUT2D eigenvalue weighted by atomic mass is 15.2. The highest BCUT2D eigenvalue weighted by molar-refractivity contribution is 6.06. The van der Waals surface area contributed by atoms with Crippen LogP contribution in [0.1, 0.15) is 19.4 Å². The zero-order valence-corrected chi connectivity index (χ0v) is 15.2. The molecule has 0 bridgehead atoms. The minimum absolute atomic E-state index is 0.928. The second kappa shape index (κ2) is 6.45. The van der Waals surface area contributed by atoms with Gasteiger partial charge in [0.25, 0.3) is 0 Å². The monoisotopic (exact) mass is 332 g/mol. The molecule has 0 fully saturated rings. The van der Waals surface area contributed by atoms with E-state index in [0.29, 0.717) is 0 Å². The van der Waals surface area contributed by atoms with Crippen LogP contribution in [0.3, 0.4) is 0 Å². The molecular weight excluding hydrogens is 308 g/mol. The van der Waals surface area contributed by atoms with Gasteiger partial charge < -0.3 is 9.47 Å². The molecule has 0 aliphatic carbocycles. The fourth-order valence-corrected chi connectivity index (χ4v) is 3.56. The molecule has 4 nitrogen and oxygen atoms in total. The molecule has 2 aromatic carbocycles. The molecule has 0 aliphatic heterocycles. The highest BCUT2D eigenvalue weighted by Crippen LogP contribution is 2.29. The molecule has 4 aromatic rings. The van der Waals surface area contributed by atoms with Gasteiger partial charge in [-0.2, -0.15) is 0 Å². The number of fused-ring (bicyclic) bond motifs is 4. The van der Waals surface area contributed by atoms with Gasteiger partial charge in [-0.05, 0) is 44.3 Å². The van der Waals surface area contributed by atoms with Gasteiger partial charge in [-0.3, -0.25) is 0 Å². The SMILES string of the molecule is CCN(CC)CCn1c2ccc(C)cc2c2nc3ccccc3nc21. The first kappa shape index (κ1) is 16.0. The molecule has 0 aliphatic rings.